The molecule has 1 saturated heterocycles. The summed E-state index contributed by atoms with van der Waals surface area (Å²) in [6.07, 6.45) is 0.890. The molecule has 1 fully saturated rings. The van der Waals surface area contributed by atoms with E-state index < -0.39 is 17.7 Å². The van der Waals surface area contributed by atoms with Crippen LogP contribution in [0.3, 0.4) is 0 Å². The highest BCUT2D eigenvalue weighted by atomic mass is 16.5. The first kappa shape index (κ1) is 15.1. The monoisotopic (exact) mass is 294 g/mol. The zero-order valence-corrected chi connectivity index (χ0v) is 11.6. The number of carbonyl (C=O) groups is 2. The molecule has 1 aliphatic rings. The number of nitrogens with one attached hydrogen (secondary N) is 2. The minimum Gasteiger partial charge on any atom is -0.505 e. The van der Waals surface area contributed by atoms with Crippen LogP contribution >= 0.6 is 0 Å². The lowest BCUT2D eigenvalue weighted by atomic mass is 10.0. The second kappa shape index (κ2) is 6.45. The third kappa shape index (κ3) is 3.63. The highest BCUT2D eigenvalue weighted by Crippen LogP contribution is 2.27. The number of phenols is 1. The maximum atomic E-state index is 11.9. The van der Waals surface area contributed by atoms with Crippen molar-refractivity contribution in [3.63, 3.8) is 0 Å². The van der Waals surface area contributed by atoms with E-state index in [9.17, 15) is 14.7 Å². The van der Waals surface area contributed by atoms with E-state index in [1.807, 2.05) is 6.92 Å². The Balaban J connectivity index is 1.99. The number of aromatic carboxylic acids is 1. The van der Waals surface area contributed by atoms with Gasteiger partial charge in [0.15, 0.2) is 5.75 Å². The molecule has 2 rings (SSSR count). The van der Waals surface area contributed by atoms with E-state index in [2.05, 4.69) is 10.6 Å². The van der Waals surface area contributed by atoms with Gasteiger partial charge in [0.25, 0.3) is 0 Å². The van der Waals surface area contributed by atoms with Crippen LogP contribution in [0, 0.1) is 5.92 Å². The van der Waals surface area contributed by atoms with Crippen LogP contribution in [0.2, 0.25) is 0 Å². The van der Waals surface area contributed by atoms with Gasteiger partial charge in [0.1, 0.15) is 5.56 Å². The molecule has 7 nitrogen and oxygen atoms in total. The van der Waals surface area contributed by atoms with Gasteiger partial charge >= 0.3 is 12.0 Å². The first-order valence-corrected chi connectivity index (χ1v) is 6.69. The average molecular weight is 294 g/mol. The van der Waals surface area contributed by atoms with Crippen molar-refractivity contribution in [3.05, 3.63) is 23.8 Å². The summed E-state index contributed by atoms with van der Waals surface area (Å²) in [5.41, 5.74) is -0.202. The van der Waals surface area contributed by atoms with Crippen LogP contribution < -0.4 is 10.6 Å². The fourth-order valence-electron chi connectivity index (χ4n) is 2.25. The number of amides is 2. The van der Waals surface area contributed by atoms with E-state index in [1.54, 1.807) is 0 Å². The van der Waals surface area contributed by atoms with Crippen molar-refractivity contribution in [3.8, 4) is 5.75 Å². The fourth-order valence-corrected chi connectivity index (χ4v) is 2.25. The van der Waals surface area contributed by atoms with Gasteiger partial charge in [-0.3, -0.25) is 0 Å². The van der Waals surface area contributed by atoms with Gasteiger partial charge < -0.3 is 25.6 Å². The Hall–Kier alpha value is -2.28. The standard InChI is InChI=1S/C14H18N2O5/c1-8(9-5-6-21-7-9)15-14(20)16-11-4-2-3-10(12(11)17)13(18)19/h2-4,8-9,17H,5-7H2,1H3,(H,18,19)(H2,15,16,20). The minimum absolute atomic E-state index is 0.0577. The number of hydrogen-bond donors (Lipinski definition) is 4. The summed E-state index contributed by atoms with van der Waals surface area (Å²) in [5, 5.41) is 23.9. The molecule has 1 heterocycles. The first-order valence-electron chi connectivity index (χ1n) is 6.69. The third-order valence-electron chi connectivity index (χ3n) is 3.55. The Labute approximate surface area is 121 Å². The predicted octanol–water partition coefficient (Wildman–Crippen LogP) is 1.64. The lowest BCUT2D eigenvalue weighted by molar-refractivity contribution is 0.0693. The van der Waals surface area contributed by atoms with E-state index in [4.69, 9.17) is 9.84 Å². The normalized spacial score (nSPS) is 19.0. The molecule has 2 amide bonds. The highest BCUT2D eigenvalue weighted by molar-refractivity contribution is 5.97. The third-order valence-corrected chi connectivity index (χ3v) is 3.55. The number of hydrogen-bond acceptors (Lipinski definition) is 4. The Bertz CT molecular complexity index is 540. The van der Waals surface area contributed by atoms with Crippen LogP contribution in [0.1, 0.15) is 23.7 Å². The Kier molecular flexibility index (Phi) is 4.64. The lowest BCUT2D eigenvalue weighted by Gasteiger charge is -2.19. The molecule has 7 heteroatoms. The molecular weight excluding hydrogens is 276 g/mol. The molecule has 0 aromatic heterocycles. The summed E-state index contributed by atoms with van der Waals surface area (Å²) in [5.74, 6) is -1.46. The van der Waals surface area contributed by atoms with E-state index in [0.717, 1.165) is 6.42 Å². The summed E-state index contributed by atoms with van der Waals surface area (Å²) in [7, 11) is 0. The highest BCUT2D eigenvalue weighted by Gasteiger charge is 2.24. The zero-order valence-electron chi connectivity index (χ0n) is 11.6. The molecule has 0 aliphatic carbocycles. The van der Waals surface area contributed by atoms with E-state index in [-0.39, 0.29) is 23.2 Å². The number of aromatic hydroxyl groups is 1. The molecule has 0 saturated carbocycles. The number of para-hydroxylation sites is 1. The number of benzene rings is 1. The van der Waals surface area contributed by atoms with Crippen molar-refractivity contribution in [2.45, 2.75) is 19.4 Å². The molecule has 0 bridgehead atoms. The van der Waals surface area contributed by atoms with Crippen molar-refractivity contribution < 1.29 is 24.5 Å². The number of carbonyl (C=O) groups excluding carboxylic acids is 1. The summed E-state index contributed by atoms with van der Waals surface area (Å²) in [6, 6.07) is 3.58. The Morgan fingerprint density at radius 1 is 1.43 bits per heavy atom. The number of rotatable bonds is 4. The summed E-state index contributed by atoms with van der Waals surface area (Å²) >= 11 is 0. The predicted molar refractivity (Wildman–Crippen MR) is 75.6 cm³/mol. The second-order valence-corrected chi connectivity index (χ2v) is 5.02. The van der Waals surface area contributed by atoms with E-state index >= 15 is 0 Å². The number of ether oxygens (including phenoxy) is 1. The lowest BCUT2D eigenvalue weighted by Crippen LogP contribution is -2.40. The smallest absolute Gasteiger partial charge is 0.339 e. The van der Waals surface area contributed by atoms with Gasteiger partial charge in [0.2, 0.25) is 0 Å². The van der Waals surface area contributed by atoms with E-state index in [1.165, 1.54) is 18.2 Å². The van der Waals surface area contributed by atoms with Gasteiger partial charge in [0.05, 0.1) is 12.3 Å². The molecule has 0 spiro atoms. The van der Waals surface area contributed by atoms with Crippen LogP contribution in [-0.4, -0.2) is 41.5 Å². The van der Waals surface area contributed by atoms with Crippen LogP contribution in [0.4, 0.5) is 10.5 Å². The van der Waals surface area contributed by atoms with Gasteiger partial charge in [-0.15, -0.1) is 0 Å². The van der Waals surface area contributed by atoms with Crippen LogP contribution in [0.25, 0.3) is 0 Å². The zero-order chi connectivity index (χ0) is 15.4. The molecule has 1 aromatic carbocycles. The molecule has 2 atom stereocenters. The number of carboxylic acid groups (broad SMARTS) is 1. The number of anilines is 1. The molecule has 114 valence electrons. The van der Waals surface area contributed by atoms with Crippen LogP contribution in [-0.2, 0) is 4.74 Å². The molecule has 21 heavy (non-hydrogen) atoms. The van der Waals surface area contributed by atoms with Crippen molar-refractivity contribution in [1.29, 1.82) is 0 Å². The SMILES string of the molecule is CC(NC(=O)Nc1cccc(C(=O)O)c1O)C1CCOC1. The Morgan fingerprint density at radius 2 is 2.19 bits per heavy atom. The van der Waals surface area contributed by atoms with Crippen molar-refractivity contribution in [2.75, 3.05) is 18.5 Å². The molecule has 0 radical (unpaired) electrons. The van der Waals surface area contributed by atoms with Gasteiger partial charge in [-0.25, -0.2) is 9.59 Å². The molecule has 1 aliphatic heterocycles. The maximum absolute atomic E-state index is 11.9. The van der Waals surface area contributed by atoms with Gasteiger partial charge in [-0.05, 0) is 25.5 Å². The fraction of sp³-hybridized carbons (Fsp3) is 0.429. The van der Waals surface area contributed by atoms with Crippen molar-refractivity contribution in [2.24, 2.45) is 5.92 Å². The van der Waals surface area contributed by atoms with Crippen LogP contribution in [0.5, 0.6) is 5.75 Å². The molecular formula is C14H18N2O5. The quantitative estimate of drug-likeness (QED) is 0.631. The summed E-state index contributed by atoms with van der Waals surface area (Å²) in [6.45, 7) is 3.19. The molecule has 1 aromatic rings. The maximum Gasteiger partial charge on any atom is 0.339 e. The molecule has 2 unspecified atom stereocenters. The first-order chi connectivity index (χ1) is 9.99. The summed E-state index contributed by atoms with van der Waals surface area (Å²) in [4.78, 5) is 22.8. The van der Waals surface area contributed by atoms with Gasteiger partial charge in [-0.2, -0.15) is 0 Å². The minimum atomic E-state index is -1.26. The molecule has 4 N–H and O–H groups in total. The average Bonchev–Trinajstić information content (AvgIpc) is 2.94. The van der Waals surface area contributed by atoms with Crippen molar-refractivity contribution in [1.82, 2.24) is 5.32 Å². The van der Waals surface area contributed by atoms with Crippen molar-refractivity contribution >= 4 is 17.7 Å². The second-order valence-electron chi connectivity index (χ2n) is 5.02. The van der Waals surface area contributed by atoms with Gasteiger partial charge in [0, 0.05) is 18.6 Å². The number of carboxylic acids is 1. The van der Waals surface area contributed by atoms with E-state index in [0.29, 0.717) is 13.2 Å². The Morgan fingerprint density at radius 3 is 2.81 bits per heavy atom. The number of urea groups is 1. The largest absolute Gasteiger partial charge is 0.505 e. The van der Waals surface area contributed by atoms with Gasteiger partial charge in [-0.1, -0.05) is 6.07 Å². The summed E-state index contributed by atoms with van der Waals surface area (Å²) < 4.78 is 5.26. The van der Waals surface area contributed by atoms with Crippen LogP contribution in [0.15, 0.2) is 18.2 Å². The topological polar surface area (TPSA) is 108 Å².